The second-order valence-corrected chi connectivity index (χ2v) is 8.97. The van der Waals surface area contributed by atoms with Crippen molar-refractivity contribution in [2.24, 2.45) is 5.41 Å². The number of anilines is 2. The highest BCUT2D eigenvalue weighted by Crippen LogP contribution is 2.32. The van der Waals surface area contributed by atoms with Gasteiger partial charge in [-0.1, -0.05) is 6.07 Å². The Morgan fingerprint density at radius 1 is 1.06 bits per heavy atom. The number of nitrogens with zero attached hydrogens (tertiary/aromatic N) is 5. The average Bonchev–Trinajstić information content (AvgIpc) is 2.79. The van der Waals surface area contributed by atoms with E-state index in [0.29, 0.717) is 31.7 Å². The number of hydrogen-bond acceptors (Lipinski definition) is 9. The van der Waals surface area contributed by atoms with Crippen molar-refractivity contribution in [2.45, 2.75) is 27.4 Å². The number of nitrogen functional groups attached to an aromatic ring is 1. The van der Waals surface area contributed by atoms with Crippen LogP contribution in [0.15, 0.2) is 36.8 Å². The smallest absolute Gasteiger partial charge is 0.388 e. The van der Waals surface area contributed by atoms with Crippen molar-refractivity contribution >= 4 is 28.4 Å². The highest BCUT2D eigenvalue weighted by molar-refractivity contribution is 5.93. The van der Waals surface area contributed by atoms with Crippen molar-refractivity contribution in [1.82, 2.24) is 20.0 Å². The van der Waals surface area contributed by atoms with Gasteiger partial charge in [0.1, 0.15) is 12.1 Å². The summed E-state index contributed by atoms with van der Waals surface area (Å²) in [6.45, 7) is 4.76. The molecule has 1 fully saturated rings. The Hall–Kier alpha value is -3.60. The average molecular weight is 472 g/mol. The first-order chi connectivity index (χ1) is 16.1. The van der Waals surface area contributed by atoms with Crippen molar-refractivity contribution in [3.05, 3.63) is 36.8 Å². The van der Waals surface area contributed by atoms with E-state index in [4.69, 9.17) is 10.6 Å². The van der Waals surface area contributed by atoms with E-state index in [1.807, 2.05) is 39.0 Å². The lowest BCUT2D eigenvalue weighted by atomic mass is 9.98. The minimum absolute atomic E-state index is 0.0170. The summed E-state index contributed by atoms with van der Waals surface area (Å²) in [6.07, 6.45) is 2.94. The van der Waals surface area contributed by atoms with Gasteiger partial charge in [-0.3, -0.25) is 0 Å². The number of hydroxylamine groups is 2. The molecule has 4 rings (SSSR count). The number of piperazine rings is 1. The molecule has 0 saturated carbocycles. The van der Waals surface area contributed by atoms with Gasteiger partial charge in [0, 0.05) is 30.2 Å². The second-order valence-electron chi connectivity index (χ2n) is 8.97. The molecule has 0 unspecified atom stereocenters. The number of nitrogens with two attached hydrogens (primary N) is 1. The van der Waals surface area contributed by atoms with Gasteiger partial charge in [0.05, 0.1) is 29.7 Å². The molecule has 0 bridgehead atoms. The van der Waals surface area contributed by atoms with Crippen molar-refractivity contribution in [3.8, 4) is 17.0 Å². The van der Waals surface area contributed by atoms with Crippen LogP contribution in [0.2, 0.25) is 0 Å². The number of ether oxygens (including phenoxy) is 1. The number of carbonyl (C=O) groups excluding carboxylic acids is 1. The number of aromatic nitrogens is 3. The Kier molecular flexibility index (Phi) is 6.47. The molecule has 1 aromatic carbocycles. The van der Waals surface area contributed by atoms with Gasteiger partial charge >= 0.3 is 12.6 Å². The summed E-state index contributed by atoms with van der Waals surface area (Å²) < 4.78 is 29.3. The molecular weight excluding hydrogens is 446 g/mol. The standard InChI is InChI=1S/C23H26F2N6O3/c1-23(2,3)21(32)34-31-8-6-30(7-9-31)19-16-10-14(4-5-18(16)28-13-29-19)15-11-17(26)20(27-12-15)33-22(24)25/h4-5,10-13,22H,6-9,26H2,1-3H3. The van der Waals surface area contributed by atoms with Crippen LogP contribution in [-0.2, 0) is 9.63 Å². The van der Waals surface area contributed by atoms with E-state index in [2.05, 4.69) is 24.6 Å². The quantitative estimate of drug-likeness (QED) is 0.597. The van der Waals surface area contributed by atoms with Crippen molar-refractivity contribution in [1.29, 1.82) is 0 Å². The van der Waals surface area contributed by atoms with Gasteiger partial charge in [0.25, 0.3) is 0 Å². The summed E-state index contributed by atoms with van der Waals surface area (Å²) in [4.78, 5) is 32.6. The molecule has 1 aliphatic rings. The lowest BCUT2D eigenvalue weighted by Gasteiger charge is -2.35. The fourth-order valence-electron chi connectivity index (χ4n) is 3.53. The van der Waals surface area contributed by atoms with E-state index in [-0.39, 0.29) is 17.5 Å². The number of pyridine rings is 1. The van der Waals surface area contributed by atoms with E-state index >= 15 is 0 Å². The van der Waals surface area contributed by atoms with Crippen LogP contribution < -0.4 is 15.4 Å². The normalized spacial score (nSPS) is 15.1. The van der Waals surface area contributed by atoms with Crippen LogP contribution >= 0.6 is 0 Å². The molecule has 3 heterocycles. The third-order valence-corrected chi connectivity index (χ3v) is 5.39. The Balaban J connectivity index is 1.56. The molecule has 3 aromatic rings. The van der Waals surface area contributed by atoms with E-state index in [1.54, 1.807) is 5.06 Å². The van der Waals surface area contributed by atoms with Crippen molar-refractivity contribution in [2.75, 3.05) is 36.8 Å². The van der Waals surface area contributed by atoms with Gasteiger partial charge in [0.2, 0.25) is 5.88 Å². The molecule has 2 aromatic heterocycles. The zero-order valence-electron chi connectivity index (χ0n) is 19.2. The van der Waals surface area contributed by atoms with Crippen LogP contribution in [0.5, 0.6) is 5.88 Å². The molecule has 34 heavy (non-hydrogen) atoms. The predicted molar refractivity (Wildman–Crippen MR) is 123 cm³/mol. The Bertz CT molecular complexity index is 1190. The van der Waals surface area contributed by atoms with Crippen LogP contribution in [0.3, 0.4) is 0 Å². The molecule has 9 nitrogen and oxygen atoms in total. The molecule has 11 heteroatoms. The number of hydrogen-bond donors (Lipinski definition) is 1. The molecule has 180 valence electrons. The maximum atomic E-state index is 12.5. The fraction of sp³-hybridized carbons (Fsp3) is 0.391. The van der Waals surface area contributed by atoms with E-state index in [0.717, 1.165) is 22.3 Å². The number of benzene rings is 1. The summed E-state index contributed by atoms with van der Waals surface area (Å²) in [5.41, 5.74) is 7.48. The van der Waals surface area contributed by atoms with Crippen LogP contribution in [0, 0.1) is 5.41 Å². The lowest BCUT2D eigenvalue weighted by Crippen LogP contribution is -2.48. The highest BCUT2D eigenvalue weighted by Gasteiger charge is 2.28. The molecule has 1 saturated heterocycles. The van der Waals surface area contributed by atoms with Crippen molar-refractivity contribution in [3.63, 3.8) is 0 Å². The lowest BCUT2D eigenvalue weighted by molar-refractivity contribution is -0.201. The summed E-state index contributed by atoms with van der Waals surface area (Å²) in [7, 11) is 0. The number of fused-ring (bicyclic) bond motifs is 1. The number of alkyl halides is 2. The summed E-state index contributed by atoms with van der Waals surface area (Å²) in [6, 6.07) is 7.17. The SMILES string of the molecule is CC(C)(C)C(=O)ON1CCN(c2ncnc3ccc(-c4cnc(OC(F)F)c(N)c4)cc23)CC1. The molecule has 0 aliphatic carbocycles. The van der Waals surface area contributed by atoms with Gasteiger partial charge in [-0.15, -0.1) is 5.06 Å². The minimum Gasteiger partial charge on any atom is -0.415 e. The predicted octanol–water partition coefficient (Wildman–Crippen LogP) is 3.50. The number of carbonyl (C=O) groups is 1. The number of rotatable bonds is 5. The van der Waals surface area contributed by atoms with Gasteiger partial charge in [-0.2, -0.15) is 8.78 Å². The Morgan fingerprint density at radius 2 is 1.79 bits per heavy atom. The summed E-state index contributed by atoms with van der Waals surface area (Å²) >= 11 is 0. The zero-order chi connectivity index (χ0) is 24.5. The summed E-state index contributed by atoms with van der Waals surface area (Å²) in [5, 5.41) is 2.50. The summed E-state index contributed by atoms with van der Waals surface area (Å²) in [5.74, 6) is 0.178. The Morgan fingerprint density at radius 3 is 2.44 bits per heavy atom. The molecule has 0 spiro atoms. The molecule has 0 radical (unpaired) electrons. The first-order valence-electron chi connectivity index (χ1n) is 10.8. The minimum atomic E-state index is -3.00. The van der Waals surface area contributed by atoms with Gasteiger partial charge in [0.15, 0.2) is 0 Å². The third kappa shape index (κ3) is 5.14. The van der Waals surface area contributed by atoms with E-state index in [9.17, 15) is 13.6 Å². The first kappa shape index (κ1) is 23.6. The monoisotopic (exact) mass is 472 g/mol. The largest absolute Gasteiger partial charge is 0.415 e. The Labute approximate surface area is 195 Å². The topological polar surface area (TPSA) is 107 Å². The van der Waals surface area contributed by atoms with Crippen molar-refractivity contribution < 1.29 is 23.1 Å². The highest BCUT2D eigenvalue weighted by atomic mass is 19.3. The molecular formula is C23H26F2N6O3. The maximum Gasteiger partial charge on any atom is 0.388 e. The second kappa shape index (κ2) is 9.34. The van der Waals surface area contributed by atoms with Gasteiger partial charge in [-0.05, 0) is 44.5 Å². The van der Waals surface area contributed by atoms with Gasteiger partial charge in [-0.25, -0.2) is 19.7 Å². The van der Waals surface area contributed by atoms with E-state index in [1.165, 1.54) is 18.6 Å². The molecule has 0 atom stereocenters. The zero-order valence-corrected chi connectivity index (χ0v) is 19.2. The van der Waals surface area contributed by atoms with Crippen LogP contribution in [-0.4, -0.2) is 58.8 Å². The molecule has 1 aliphatic heterocycles. The third-order valence-electron chi connectivity index (χ3n) is 5.39. The van der Waals surface area contributed by atoms with Crippen LogP contribution in [0.1, 0.15) is 20.8 Å². The maximum absolute atomic E-state index is 12.5. The van der Waals surface area contributed by atoms with Crippen LogP contribution in [0.25, 0.3) is 22.0 Å². The number of halogens is 2. The molecule has 0 amide bonds. The van der Waals surface area contributed by atoms with E-state index < -0.39 is 12.0 Å². The van der Waals surface area contributed by atoms with Gasteiger partial charge < -0.3 is 20.2 Å². The van der Waals surface area contributed by atoms with Crippen LogP contribution in [0.4, 0.5) is 20.3 Å². The first-order valence-corrected chi connectivity index (χ1v) is 10.8. The fourth-order valence-corrected chi connectivity index (χ4v) is 3.53. The molecule has 2 N–H and O–H groups in total.